The van der Waals surface area contributed by atoms with E-state index in [0.29, 0.717) is 11.2 Å². The van der Waals surface area contributed by atoms with Gasteiger partial charge in [-0.3, -0.25) is 9.69 Å². The third-order valence-corrected chi connectivity index (χ3v) is 8.85. The van der Waals surface area contributed by atoms with Gasteiger partial charge in [-0.2, -0.15) is 0 Å². The van der Waals surface area contributed by atoms with E-state index in [4.69, 9.17) is 4.74 Å². The van der Waals surface area contributed by atoms with Crippen LogP contribution in [0.5, 0.6) is 0 Å². The van der Waals surface area contributed by atoms with Crippen LogP contribution in [0.3, 0.4) is 0 Å². The molecule has 5 rings (SSSR count). The zero-order valence-electron chi connectivity index (χ0n) is 24.3. The zero-order chi connectivity index (χ0) is 25.7. The van der Waals surface area contributed by atoms with Crippen LogP contribution in [0, 0.1) is 59.7 Å². The molecule has 208 valence electrons. The van der Waals surface area contributed by atoms with Crippen LogP contribution in [0.2, 0.25) is 0 Å². The summed E-state index contributed by atoms with van der Waals surface area (Å²) in [4.78, 5) is 13.8. The van der Waals surface area contributed by atoms with Gasteiger partial charge in [-0.15, -0.1) is 6.58 Å². The quantitative estimate of drug-likeness (QED) is 0.236. The Bertz CT molecular complexity index is 606. The standard InChI is InChI=1S/C13H25N.C9H14O.C8H18N2O.U/c1-5-13(4,10-11(2)3)12-6-8-14-9-7-12;1-2-8(10)9-4-3-7(5-9)6-9;1-2-11-8-7-10-5-3-9-4-6-10;/h5,11-12,14H,1,6-10H2,2-4H3;7H,2-6H2,1H3;9H,2-8H2,1H3;. The van der Waals surface area contributed by atoms with E-state index in [0.717, 1.165) is 57.0 Å². The predicted molar refractivity (Wildman–Crippen MR) is 149 cm³/mol. The van der Waals surface area contributed by atoms with Gasteiger partial charge in [0.1, 0.15) is 5.78 Å². The Morgan fingerprint density at radius 3 is 2.19 bits per heavy atom. The summed E-state index contributed by atoms with van der Waals surface area (Å²) in [5.41, 5.74) is 0.565. The Kier molecular flexibility index (Phi) is 17.0. The number of piperazine rings is 1. The summed E-state index contributed by atoms with van der Waals surface area (Å²) in [5.74, 6) is 3.06. The fourth-order valence-electron chi connectivity index (χ4n) is 6.73. The fraction of sp³-hybridized carbons (Fsp3) is 0.900. The topological polar surface area (TPSA) is 53.6 Å². The van der Waals surface area contributed by atoms with Crippen LogP contribution < -0.4 is 10.6 Å². The summed E-state index contributed by atoms with van der Waals surface area (Å²) in [5, 5.41) is 6.75. The molecule has 0 aromatic rings. The van der Waals surface area contributed by atoms with E-state index in [9.17, 15) is 4.79 Å². The normalized spacial score (nSPS) is 27.3. The van der Waals surface area contributed by atoms with E-state index < -0.39 is 0 Å². The Morgan fingerprint density at radius 1 is 1.11 bits per heavy atom. The number of fused-ring (bicyclic) bond motifs is 1. The number of hydrogen-bond donors (Lipinski definition) is 2. The molecule has 5 aliphatic rings. The molecule has 3 aliphatic carbocycles. The smallest absolute Gasteiger partial charge is 0.138 e. The number of allylic oxidation sites excluding steroid dienone is 1. The molecular weight excluding hydrogens is 672 g/mol. The maximum atomic E-state index is 11.4. The average molecular weight is 730 g/mol. The number of Topliss-reactive ketones (excluding diaryl/α,β-unsaturated/α-hetero) is 1. The van der Waals surface area contributed by atoms with Crippen molar-refractivity contribution in [3.63, 3.8) is 0 Å². The molecule has 6 heteroatoms. The van der Waals surface area contributed by atoms with Crippen molar-refractivity contribution in [3.05, 3.63) is 12.7 Å². The number of carbonyl (C=O) groups excluding carboxylic acids is 1. The van der Waals surface area contributed by atoms with Gasteiger partial charge in [0, 0.05) is 82.3 Å². The Hall–Kier alpha value is 0.302. The molecule has 2 bridgehead atoms. The van der Waals surface area contributed by atoms with Crippen LogP contribution in [-0.2, 0) is 9.53 Å². The molecule has 5 nitrogen and oxygen atoms in total. The van der Waals surface area contributed by atoms with E-state index in [1.165, 1.54) is 71.1 Å². The number of piperidine rings is 1. The molecule has 2 aliphatic heterocycles. The van der Waals surface area contributed by atoms with Crippen molar-refractivity contribution in [1.82, 2.24) is 15.5 Å². The molecular formula is C30H57N3O2U. The molecule has 1 atom stereocenters. The van der Waals surface area contributed by atoms with Crippen molar-refractivity contribution >= 4 is 5.78 Å². The molecule has 3 saturated carbocycles. The van der Waals surface area contributed by atoms with Crippen LogP contribution in [0.25, 0.3) is 0 Å². The van der Waals surface area contributed by atoms with E-state index in [1.807, 2.05) is 13.8 Å². The minimum atomic E-state index is 0. The molecule has 1 unspecified atom stereocenters. The van der Waals surface area contributed by atoms with Gasteiger partial charge in [-0.05, 0) is 88.1 Å². The van der Waals surface area contributed by atoms with E-state index in [2.05, 4.69) is 49.0 Å². The van der Waals surface area contributed by atoms with Crippen molar-refractivity contribution in [1.29, 1.82) is 0 Å². The molecule has 2 saturated heterocycles. The second kappa shape index (κ2) is 17.8. The van der Waals surface area contributed by atoms with E-state index in [1.54, 1.807) is 0 Å². The molecule has 2 heterocycles. The Labute approximate surface area is 247 Å². The van der Waals surface area contributed by atoms with Crippen molar-refractivity contribution in [3.8, 4) is 0 Å². The average Bonchev–Trinajstić information content (AvgIpc) is 3.48. The van der Waals surface area contributed by atoms with Crippen LogP contribution >= 0.6 is 0 Å². The van der Waals surface area contributed by atoms with Gasteiger partial charge in [0.05, 0.1) is 6.61 Å². The number of nitrogens with zero attached hydrogens (tertiary/aromatic N) is 1. The fourth-order valence-corrected chi connectivity index (χ4v) is 6.73. The first-order valence-corrected chi connectivity index (χ1v) is 14.7. The van der Waals surface area contributed by atoms with E-state index >= 15 is 0 Å². The number of nitrogens with one attached hydrogen (secondary N) is 2. The maximum Gasteiger partial charge on any atom is 0.138 e. The van der Waals surface area contributed by atoms with E-state index in [-0.39, 0.29) is 36.5 Å². The first-order chi connectivity index (χ1) is 16.8. The van der Waals surface area contributed by atoms with Crippen LogP contribution in [0.4, 0.5) is 0 Å². The van der Waals surface area contributed by atoms with Gasteiger partial charge in [0.25, 0.3) is 0 Å². The maximum absolute atomic E-state index is 11.4. The summed E-state index contributed by atoms with van der Waals surface area (Å²) in [6.07, 6.45) is 11.8. The van der Waals surface area contributed by atoms with Gasteiger partial charge in [-0.25, -0.2) is 0 Å². The van der Waals surface area contributed by atoms with Crippen molar-refractivity contribution in [2.45, 2.75) is 86.0 Å². The molecule has 0 amide bonds. The van der Waals surface area contributed by atoms with Gasteiger partial charge < -0.3 is 15.4 Å². The molecule has 5 fully saturated rings. The summed E-state index contributed by atoms with van der Waals surface area (Å²) < 4.78 is 5.27. The molecule has 0 spiro atoms. The largest absolute Gasteiger partial charge is 0.380 e. The van der Waals surface area contributed by atoms with Gasteiger partial charge in [-0.1, -0.05) is 33.8 Å². The minimum absolute atomic E-state index is 0. The Balaban J connectivity index is 0.000000270. The Morgan fingerprint density at radius 2 is 1.72 bits per heavy atom. The number of hydrogen-bond acceptors (Lipinski definition) is 5. The van der Waals surface area contributed by atoms with Gasteiger partial charge in [0.2, 0.25) is 0 Å². The molecule has 2 N–H and O–H groups in total. The van der Waals surface area contributed by atoms with Crippen molar-refractivity contribution in [2.75, 3.05) is 59.0 Å². The minimum Gasteiger partial charge on any atom is -0.380 e. The van der Waals surface area contributed by atoms with Gasteiger partial charge in [0.15, 0.2) is 0 Å². The van der Waals surface area contributed by atoms with Gasteiger partial charge >= 0.3 is 0 Å². The molecule has 0 aromatic carbocycles. The number of carbonyl (C=O) groups is 1. The zero-order valence-corrected chi connectivity index (χ0v) is 28.5. The second-order valence-corrected chi connectivity index (χ2v) is 12.0. The number of ketones is 1. The molecule has 0 aromatic heterocycles. The predicted octanol–water partition coefficient (Wildman–Crippen LogP) is 5.31. The summed E-state index contributed by atoms with van der Waals surface area (Å²) >= 11 is 0. The summed E-state index contributed by atoms with van der Waals surface area (Å²) in [7, 11) is 0. The first kappa shape index (κ1) is 34.3. The van der Waals surface area contributed by atoms with Crippen molar-refractivity contribution in [2.24, 2.45) is 28.6 Å². The van der Waals surface area contributed by atoms with Crippen LogP contribution in [0.1, 0.15) is 86.0 Å². The molecule has 0 radical (unpaired) electrons. The SMILES string of the molecule is C=CC(C)(CC(C)C)C1CCNCC1.CCC(=O)C12CCC(C1)C2.CCOCCN1CCNCC1.[U]. The third kappa shape index (κ3) is 10.8. The monoisotopic (exact) mass is 729 g/mol. The summed E-state index contributed by atoms with van der Waals surface area (Å²) in [6, 6.07) is 0. The second-order valence-electron chi connectivity index (χ2n) is 12.0. The van der Waals surface area contributed by atoms with Crippen LogP contribution in [0.15, 0.2) is 12.7 Å². The molecule has 36 heavy (non-hydrogen) atoms. The number of ether oxygens (including phenoxy) is 1. The van der Waals surface area contributed by atoms with Crippen LogP contribution in [-0.4, -0.2) is 69.7 Å². The van der Waals surface area contributed by atoms with Crippen molar-refractivity contribution < 1.29 is 40.6 Å². The number of rotatable bonds is 10. The third-order valence-electron chi connectivity index (χ3n) is 8.85. The summed E-state index contributed by atoms with van der Waals surface area (Å²) in [6.45, 7) is 24.9. The first-order valence-electron chi connectivity index (χ1n) is 14.7.